The highest BCUT2D eigenvalue weighted by molar-refractivity contribution is 9.10. The predicted octanol–water partition coefficient (Wildman–Crippen LogP) is 3.96. The molecular formula is C15H24BrFN2. The van der Waals surface area contributed by atoms with Crippen LogP contribution in [-0.4, -0.2) is 24.5 Å². The Hall–Kier alpha value is -0.450. The van der Waals surface area contributed by atoms with Gasteiger partial charge in [-0.15, -0.1) is 0 Å². The Bertz CT molecular complexity index is 398. The number of rotatable bonds is 7. The number of hydrogen-bond donors (Lipinski definition) is 1. The van der Waals surface area contributed by atoms with Gasteiger partial charge >= 0.3 is 0 Å². The normalized spacial score (nSPS) is 14.7. The summed E-state index contributed by atoms with van der Waals surface area (Å²) in [6, 6.07) is 4.86. The van der Waals surface area contributed by atoms with Crippen LogP contribution in [0.15, 0.2) is 22.7 Å². The van der Waals surface area contributed by atoms with Crippen molar-refractivity contribution in [1.82, 2.24) is 4.90 Å². The summed E-state index contributed by atoms with van der Waals surface area (Å²) in [5.41, 5.74) is 6.87. The topological polar surface area (TPSA) is 29.3 Å². The van der Waals surface area contributed by atoms with E-state index in [0.29, 0.717) is 12.5 Å². The Labute approximate surface area is 124 Å². The molecule has 0 bridgehead atoms. The third kappa shape index (κ3) is 4.55. The van der Waals surface area contributed by atoms with E-state index in [9.17, 15) is 4.39 Å². The average Bonchev–Trinajstić information content (AvgIpc) is 2.41. The van der Waals surface area contributed by atoms with Crippen LogP contribution >= 0.6 is 15.9 Å². The molecule has 0 aliphatic heterocycles. The summed E-state index contributed by atoms with van der Waals surface area (Å²) in [7, 11) is 0. The number of hydrogen-bond acceptors (Lipinski definition) is 2. The van der Waals surface area contributed by atoms with Crippen molar-refractivity contribution in [2.75, 3.05) is 19.6 Å². The molecule has 0 heterocycles. The number of nitrogens with two attached hydrogens (primary N) is 1. The van der Waals surface area contributed by atoms with Crippen LogP contribution in [0.2, 0.25) is 0 Å². The van der Waals surface area contributed by atoms with Crippen molar-refractivity contribution in [3.63, 3.8) is 0 Å². The minimum Gasteiger partial charge on any atom is -0.329 e. The van der Waals surface area contributed by atoms with Crippen LogP contribution < -0.4 is 5.73 Å². The second kappa shape index (κ2) is 7.98. The van der Waals surface area contributed by atoms with E-state index >= 15 is 0 Å². The molecule has 0 spiro atoms. The molecule has 1 rings (SSSR count). The molecule has 2 N–H and O–H groups in total. The molecule has 0 aliphatic rings. The maximum absolute atomic E-state index is 13.5. The summed E-state index contributed by atoms with van der Waals surface area (Å²) in [5.74, 6) is 0.401. The number of likely N-dealkylation sites (N-methyl/N-ethyl adjacent to an activating group) is 1. The van der Waals surface area contributed by atoms with Gasteiger partial charge < -0.3 is 5.73 Å². The number of benzene rings is 1. The highest BCUT2D eigenvalue weighted by Crippen LogP contribution is 2.28. The lowest BCUT2D eigenvalue weighted by Crippen LogP contribution is -2.36. The molecule has 2 atom stereocenters. The van der Waals surface area contributed by atoms with Gasteiger partial charge in [0.2, 0.25) is 0 Å². The third-order valence-electron chi connectivity index (χ3n) is 3.63. The maximum Gasteiger partial charge on any atom is 0.123 e. The highest BCUT2D eigenvalue weighted by atomic mass is 79.9. The van der Waals surface area contributed by atoms with Gasteiger partial charge in [-0.2, -0.15) is 0 Å². The first kappa shape index (κ1) is 16.6. The van der Waals surface area contributed by atoms with Gasteiger partial charge in [-0.1, -0.05) is 43.1 Å². The molecule has 1 aromatic rings. The predicted molar refractivity (Wildman–Crippen MR) is 82.6 cm³/mol. The molecule has 0 fully saturated rings. The molecule has 1 aromatic carbocycles. The van der Waals surface area contributed by atoms with Gasteiger partial charge in [-0.05, 0) is 36.2 Å². The monoisotopic (exact) mass is 330 g/mol. The van der Waals surface area contributed by atoms with Crippen LogP contribution in [0.1, 0.15) is 38.8 Å². The zero-order valence-corrected chi connectivity index (χ0v) is 13.6. The van der Waals surface area contributed by atoms with Crippen molar-refractivity contribution in [2.45, 2.75) is 33.2 Å². The van der Waals surface area contributed by atoms with Gasteiger partial charge in [0.05, 0.1) is 0 Å². The third-order valence-corrected chi connectivity index (χ3v) is 4.35. The summed E-state index contributed by atoms with van der Waals surface area (Å²) in [5, 5.41) is 0. The Kier molecular flexibility index (Phi) is 6.97. The zero-order valence-electron chi connectivity index (χ0n) is 12.0. The van der Waals surface area contributed by atoms with E-state index in [0.717, 1.165) is 29.5 Å². The molecule has 0 radical (unpaired) electrons. The van der Waals surface area contributed by atoms with Crippen molar-refractivity contribution >= 4 is 15.9 Å². The van der Waals surface area contributed by atoms with Crippen molar-refractivity contribution in [3.05, 3.63) is 34.1 Å². The van der Waals surface area contributed by atoms with Crippen LogP contribution in [0.25, 0.3) is 0 Å². The molecule has 0 saturated carbocycles. The van der Waals surface area contributed by atoms with Crippen LogP contribution in [0, 0.1) is 11.7 Å². The van der Waals surface area contributed by atoms with Crippen molar-refractivity contribution in [3.8, 4) is 0 Å². The lowest BCUT2D eigenvalue weighted by atomic mass is 10.0. The van der Waals surface area contributed by atoms with Gasteiger partial charge in [-0.3, -0.25) is 4.90 Å². The molecule has 0 amide bonds. The van der Waals surface area contributed by atoms with E-state index in [2.05, 4.69) is 41.6 Å². The van der Waals surface area contributed by atoms with Crippen LogP contribution in [-0.2, 0) is 0 Å². The molecule has 19 heavy (non-hydrogen) atoms. The van der Waals surface area contributed by atoms with Crippen LogP contribution in [0.3, 0.4) is 0 Å². The summed E-state index contributed by atoms with van der Waals surface area (Å²) < 4.78 is 14.4. The van der Waals surface area contributed by atoms with E-state index in [1.807, 2.05) is 0 Å². The van der Waals surface area contributed by atoms with Gasteiger partial charge in [0.15, 0.2) is 0 Å². The van der Waals surface area contributed by atoms with Gasteiger partial charge in [0.25, 0.3) is 0 Å². The van der Waals surface area contributed by atoms with Gasteiger partial charge in [-0.25, -0.2) is 4.39 Å². The van der Waals surface area contributed by atoms with Gasteiger partial charge in [0, 0.05) is 23.6 Å². The van der Waals surface area contributed by atoms with E-state index in [1.165, 1.54) is 6.07 Å². The van der Waals surface area contributed by atoms with Crippen molar-refractivity contribution in [2.24, 2.45) is 11.7 Å². The quantitative estimate of drug-likeness (QED) is 0.819. The fourth-order valence-corrected chi connectivity index (χ4v) is 2.76. The summed E-state index contributed by atoms with van der Waals surface area (Å²) in [4.78, 5) is 2.33. The fraction of sp³-hybridized carbons (Fsp3) is 0.600. The van der Waals surface area contributed by atoms with E-state index in [-0.39, 0.29) is 11.9 Å². The Morgan fingerprint density at radius 1 is 1.37 bits per heavy atom. The molecular weight excluding hydrogens is 307 g/mol. The fourth-order valence-electron chi connectivity index (χ4n) is 2.25. The zero-order chi connectivity index (χ0) is 14.4. The first-order valence-electron chi connectivity index (χ1n) is 6.92. The first-order chi connectivity index (χ1) is 9.03. The lowest BCUT2D eigenvalue weighted by Gasteiger charge is -2.32. The highest BCUT2D eigenvalue weighted by Gasteiger charge is 2.21. The van der Waals surface area contributed by atoms with E-state index in [4.69, 9.17) is 5.73 Å². The smallest absolute Gasteiger partial charge is 0.123 e. The lowest BCUT2D eigenvalue weighted by molar-refractivity contribution is 0.181. The Morgan fingerprint density at radius 2 is 2.05 bits per heavy atom. The van der Waals surface area contributed by atoms with Crippen molar-refractivity contribution < 1.29 is 4.39 Å². The Balaban J connectivity index is 2.99. The molecule has 0 aromatic heterocycles. The largest absolute Gasteiger partial charge is 0.329 e. The summed E-state index contributed by atoms with van der Waals surface area (Å²) >= 11 is 3.50. The number of halogens is 2. The SMILES string of the molecule is CCC(C)CN(CC)C(CN)c1cc(F)ccc1Br. The minimum absolute atomic E-state index is 0.0593. The maximum atomic E-state index is 13.5. The van der Waals surface area contributed by atoms with Gasteiger partial charge in [0.1, 0.15) is 5.82 Å². The Morgan fingerprint density at radius 3 is 2.58 bits per heavy atom. The standard InChI is InChI=1S/C15H24BrFN2/c1-4-11(3)10-19(5-2)15(9-18)13-8-12(17)6-7-14(13)16/h6-8,11,15H,4-5,9-10,18H2,1-3H3. The molecule has 4 heteroatoms. The molecule has 2 unspecified atom stereocenters. The number of nitrogens with zero attached hydrogens (tertiary/aromatic N) is 1. The summed E-state index contributed by atoms with van der Waals surface area (Å²) in [6.07, 6.45) is 1.14. The van der Waals surface area contributed by atoms with E-state index < -0.39 is 0 Å². The van der Waals surface area contributed by atoms with Crippen LogP contribution in [0.4, 0.5) is 4.39 Å². The minimum atomic E-state index is -0.212. The molecule has 0 aliphatic carbocycles. The second-order valence-corrected chi connectivity index (χ2v) is 5.87. The second-order valence-electron chi connectivity index (χ2n) is 5.02. The molecule has 2 nitrogen and oxygen atoms in total. The van der Waals surface area contributed by atoms with Crippen LogP contribution in [0.5, 0.6) is 0 Å². The van der Waals surface area contributed by atoms with Crippen molar-refractivity contribution in [1.29, 1.82) is 0 Å². The van der Waals surface area contributed by atoms with E-state index in [1.54, 1.807) is 12.1 Å². The molecule has 108 valence electrons. The average molecular weight is 331 g/mol. The first-order valence-corrected chi connectivity index (χ1v) is 7.71. The summed E-state index contributed by atoms with van der Waals surface area (Å²) in [6.45, 7) is 8.93. The molecule has 0 saturated heterocycles.